The summed E-state index contributed by atoms with van der Waals surface area (Å²) in [5.74, 6) is -0.338. The second kappa shape index (κ2) is 4.12. The average Bonchev–Trinajstić information content (AvgIpc) is 2.72. The van der Waals surface area contributed by atoms with Crippen LogP contribution in [0.4, 0.5) is 4.39 Å². The van der Waals surface area contributed by atoms with Crippen LogP contribution >= 0.6 is 0 Å². The maximum atomic E-state index is 13.7. The van der Waals surface area contributed by atoms with Crippen molar-refractivity contribution in [2.24, 2.45) is 0 Å². The highest BCUT2D eigenvalue weighted by molar-refractivity contribution is 6.01. The molecule has 1 aliphatic heterocycles. The minimum absolute atomic E-state index is 0.0414. The summed E-state index contributed by atoms with van der Waals surface area (Å²) in [5.41, 5.74) is 1.96. The van der Waals surface area contributed by atoms with Crippen molar-refractivity contribution >= 4 is 16.8 Å². The molecule has 4 heteroatoms. The van der Waals surface area contributed by atoms with Gasteiger partial charge >= 0.3 is 0 Å². The molecule has 1 aliphatic rings. The van der Waals surface area contributed by atoms with Crippen molar-refractivity contribution in [1.29, 1.82) is 0 Å². The number of hydrogen-bond donors (Lipinski definition) is 1. The van der Waals surface area contributed by atoms with Crippen molar-refractivity contribution in [3.63, 3.8) is 0 Å². The molecular formula is C14H15FN2O. The second-order valence-electron chi connectivity index (χ2n) is 4.82. The van der Waals surface area contributed by atoms with Gasteiger partial charge in [0.2, 0.25) is 0 Å². The lowest BCUT2D eigenvalue weighted by atomic mass is 10.0. The SMILES string of the molecule is CN1CCCCc2c([nH]c3c(F)cccc23)C1=O. The minimum atomic E-state index is -0.297. The van der Waals surface area contributed by atoms with Gasteiger partial charge in [-0.15, -0.1) is 0 Å². The summed E-state index contributed by atoms with van der Waals surface area (Å²) < 4.78 is 13.7. The highest BCUT2D eigenvalue weighted by Crippen LogP contribution is 2.28. The number of hydrogen-bond acceptors (Lipinski definition) is 1. The van der Waals surface area contributed by atoms with Crippen molar-refractivity contribution in [1.82, 2.24) is 9.88 Å². The third kappa shape index (κ3) is 1.60. The number of benzene rings is 1. The van der Waals surface area contributed by atoms with Crippen molar-refractivity contribution in [3.05, 3.63) is 35.3 Å². The van der Waals surface area contributed by atoms with Crippen LogP contribution in [0.5, 0.6) is 0 Å². The third-order valence-corrected chi connectivity index (χ3v) is 3.62. The molecular weight excluding hydrogens is 231 g/mol. The Labute approximate surface area is 105 Å². The number of carbonyl (C=O) groups excluding carboxylic acids is 1. The van der Waals surface area contributed by atoms with Gasteiger partial charge in [0.05, 0.1) is 5.52 Å². The molecule has 0 bridgehead atoms. The summed E-state index contributed by atoms with van der Waals surface area (Å²) in [6.45, 7) is 0.760. The van der Waals surface area contributed by atoms with Crippen LogP contribution in [-0.2, 0) is 6.42 Å². The molecule has 1 amide bonds. The van der Waals surface area contributed by atoms with Crippen molar-refractivity contribution in [2.75, 3.05) is 13.6 Å². The fourth-order valence-corrected chi connectivity index (χ4v) is 2.62. The van der Waals surface area contributed by atoms with Gasteiger partial charge in [-0.3, -0.25) is 4.79 Å². The molecule has 0 unspecified atom stereocenters. The van der Waals surface area contributed by atoms with Crippen LogP contribution in [0.2, 0.25) is 0 Å². The molecule has 18 heavy (non-hydrogen) atoms. The number of halogens is 1. The first kappa shape index (κ1) is 11.3. The molecule has 0 radical (unpaired) electrons. The fraction of sp³-hybridized carbons (Fsp3) is 0.357. The zero-order valence-corrected chi connectivity index (χ0v) is 10.3. The summed E-state index contributed by atoms with van der Waals surface area (Å²) in [6, 6.07) is 4.99. The van der Waals surface area contributed by atoms with E-state index in [2.05, 4.69) is 4.98 Å². The molecule has 94 valence electrons. The number of H-pyrrole nitrogens is 1. The molecule has 0 saturated carbocycles. The van der Waals surface area contributed by atoms with E-state index in [-0.39, 0.29) is 11.7 Å². The van der Waals surface area contributed by atoms with E-state index in [9.17, 15) is 9.18 Å². The van der Waals surface area contributed by atoms with Gasteiger partial charge in [-0.1, -0.05) is 12.1 Å². The molecule has 2 aromatic rings. The predicted molar refractivity (Wildman–Crippen MR) is 68.2 cm³/mol. The Hall–Kier alpha value is -1.84. The molecule has 3 nitrogen and oxygen atoms in total. The molecule has 0 saturated heterocycles. The van der Waals surface area contributed by atoms with E-state index < -0.39 is 0 Å². The van der Waals surface area contributed by atoms with Gasteiger partial charge in [0, 0.05) is 19.0 Å². The lowest BCUT2D eigenvalue weighted by Crippen LogP contribution is -2.30. The summed E-state index contributed by atoms with van der Waals surface area (Å²) in [6.07, 6.45) is 2.84. The standard InChI is InChI=1S/C14H15FN2O/c1-17-8-3-2-5-10-9-6-4-7-11(15)12(9)16-13(10)14(17)18/h4,6-7,16H,2-3,5,8H2,1H3. The van der Waals surface area contributed by atoms with Crippen molar-refractivity contribution in [3.8, 4) is 0 Å². The number of fused-ring (bicyclic) bond motifs is 3. The van der Waals surface area contributed by atoms with Gasteiger partial charge in [-0.25, -0.2) is 4.39 Å². The zero-order valence-electron chi connectivity index (χ0n) is 10.3. The second-order valence-corrected chi connectivity index (χ2v) is 4.82. The van der Waals surface area contributed by atoms with Crippen molar-refractivity contribution < 1.29 is 9.18 Å². The Morgan fingerprint density at radius 2 is 2.17 bits per heavy atom. The third-order valence-electron chi connectivity index (χ3n) is 3.62. The Kier molecular flexibility index (Phi) is 2.58. The maximum absolute atomic E-state index is 13.7. The van der Waals surface area contributed by atoms with Crippen LogP contribution in [0.1, 0.15) is 28.9 Å². The largest absolute Gasteiger partial charge is 0.348 e. The van der Waals surface area contributed by atoms with E-state index in [1.54, 1.807) is 18.0 Å². The summed E-state index contributed by atoms with van der Waals surface area (Å²) in [4.78, 5) is 16.9. The molecule has 1 aromatic heterocycles. The van der Waals surface area contributed by atoms with E-state index in [4.69, 9.17) is 0 Å². The van der Waals surface area contributed by atoms with Gasteiger partial charge in [0.15, 0.2) is 0 Å². The van der Waals surface area contributed by atoms with Gasteiger partial charge < -0.3 is 9.88 Å². The number of aryl methyl sites for hydroxylation is 1. The average molecular weight is 246 g/mol. The van der Waals surface area contributed by atoms with Crippen LogP contribution in [-0.4, -0.2) is 29.4 Å². The first-order chi connectivity index (χ1) is 8.68. The minimum Gasteiger partial charge on any atom is -0.348 e. The Morgan fingerprint density at radius 1 is 1.33 bits per heavy atom. The smallest absolute Gasteiger partial charge is 0.270 e. The van der Waals surface area contributed by atoms with Crippen LogP contribution in [0.25, 0.3) is 10.9 Å². The Morgan fingerprint density at radius 3 is 3.00 bits per heavy atom. The fourth-order valence-electron chi connectivity index (χ4n) is 2.62. The van der Waals surface area contributed by atoms with E-state index in [0.29, 0.717) is 11.2 Å². The summed E-state index contributed by atoms with van der Waals surface area (Å²) >= 11 is 0. The number of carbonyl (C=O) groups is 1. The van der Waals surface area contributed by atoms with Crippen LogP contribution in [0, 0.1) is 5.82 Å². The zero-order chi connectivity index (χ0) is 12.7. The number of nitrogens with zero attached hydrogens (tertiary/aromatic N) is 1. The van der Waals surface area contributed by atoms with Gasteiger partial charge in [0.25, 0.3) is 5.91 Å². The number of aromatic amines is 1. The lowest BCUT2D eigenvalue weighted by molar-refractivity contribution is 0.0783. The maximum Gasteiger partial charge on any atom is 0.270 e. The van der Waals surface area contributed by atoms with E-state index in [0.717, 1.165) is 36.8 Å². The molecule has 0 fully saturated rings. The number of para-hydroxylation sites is 1. The van der Waals surface area contributed by atoms with Crippen LogP contribution < -0.4 is 0 Å². The van der Waals surface area contributed by atoms with E-state index in [1.165, 1.54) is 6.07 Å². The highest BCUT2D eigenvalue weighted by Gasteiger charge is 2.23. The van der Waals surface area contributed by atoms with Crippen LogP contribution in [0.15, 0.2) is 18.2 Å². The molecule has 2 heterocycles. The van der Waals surface area contributed by atoms with E-state index >= 15 is 0 Å². The first-order valence-electron chi connectivity index (χ1n) is 6.23. The number of amides is 1. The van der Waals surface area contributed by atoms with Gasteiger partial charge in [0.1, 0.15) is 11.5 Å². The van der Waals surface area contributed by atoms with Crippen molar-refractivity contribution in [2.45, 2.75) is 19.3 Å². The summed E-state index contributed by atoms with van der Waals surface area (Å²) in [7, 11) is 1.79. The number of aromatic nitrogens is 1. The Balaban J connectivity index is 2.26. The predicted octanol–water partition coefficient (Wildman–Crippen LogP) is 2.72. The molecule has 0 atom stereocenters. The summed E-state index contributed by atoms with van der Waals surface area (Å²) in [5, 5.41) is 0.841. The monoisotopic (exact) mass is 246 g/mol. The van der Waals surface area contributed by atoms with Crippen LogP contribution in [0.3, 0.4) is 0 Å². The normalized spacial score (nSPS) is 16.6. The quantitative estimate of drug-likeness (QED) is 0.762. The van der Waals surface area contributed by atoms with Gasteiger partial charge in [-0.2, -0.15) is 0 Å². The number of nitrogens with one attached hydrogen (secondary N) is 1. The molecule has 0 spiro atoms. The Bertz CT molecular complexity index is 618. The molecule has 1 aromatic carbocycles. The number of rotatable bonds is 0. The lowest BCUT2D eigenvalue weighted by Gasteiger charge is -2.19. The topological polar surface area (TPSA) is 36.1 Å². The highest BCUT2D eigenvalue weighted by atomic mass is 19.1. The molecule has 3 rings (SSSR count). The van der Waals surface area contributed by atoms with E-state index in [1.807, 2.05) is 6.07 Å². The molecule has 0 aliphatic carbocycles. The van der Waals surface area contributed by atoms with Gasteiger partial charge in [-0.05, 0) is 30.9 Å². The first-order valence-corrected chi connectivity index (χ1v) is 6.23. The molecule has 1 N–H and O–H groups in total.